The molecule has 0 aromatic rings. The minimum absolute atomic E-state index is 0.194. The van der Waals surface area contributed by atoms with E-state index in [0.29, 0.717) is 4.32 Å². The molecule has 0 amide bonds. The van der Waals surface area contributed by atoms with Gasteiger partial charge in [-0.2, -0.15) is 0 Å². The molecule has 0 unspecified atom stereocenters. The van der Waals surface area contributed by atoms with E-state index in [1.165, 1.54) is 7.11 Å². The molecule has 10 heavy (non-hydrogen) atoms. The van der Waals surface area contributed by atoms with Gasteiger partial charge in [-0.3, -0.25) is 4.79 Å². The molecule has 58 valence electrons. The molecule has 0 atom stereocenters. The second-order valence-electron chi connectivity index (χ2n) is 1.30. The number of methoxy groups -OCH3 is 1. The van der Waals surface area contributed by atoms with Crippen molar-refractivity contribution in [1.82, 2.24) is 5.43 Å². The van der Waals surface area contributed by atoms with Gasteiger partial charge in [0.2, 0.25) is 0 Å². The maximum Gasteiger partial charge on any atom is 0.316 e. The number of nitrogens with two attached hydrogens (primary N) is 1. The molecule has 0 rings (SSSR count). The zero-order valence-electron chi connectivity index (χ0n) is 5.42. The molecule has 0 bridgehead atoms. The third-order valence-corrected chi connectivity index (χ3v) is 1.90. The van der Waals surface area contributed by atoms with Crippen molar-refractivity contribution in [3.8, 4) is 0 Å². The van der Waals surface area contributed by atoms with Crippen LogP contribution >= 0.6 is 24.0 Å². The van der Waals surface area contributed by atoms with Crippen LogP contribution in [0.2, 0.25) is 0 Å². The summed E-state index contributed by atoms with van der Waals surface area (Å²) in [5.74, 6) is 4.81. The normalized spacial score (nSPS) is 8.60. The van der Waals surface area contributed by atoms with Crippen LogP contribution in [-0.4, -0.2) is 23.2 Å². The molecule has 6 heteroatoms. The van der Waals surface area contributed by atoms with E-state index in [2.05, 4.69) is 22.4 Å². The Hall–Kier alpha value is -0.330. The molecule has 0 spiro atoms. The third kappa shape index (κ3) is 4.54. The van der Waals surface area contributed by atoms with Crippen molar-refractivity contribution >= 4 is 34.3 Å². The second-order valence-corrected chi connectivity index (χ2v) is 2.95. The third-order valence-electron chi connectivity index (χ3n) is 0.667. The molecular weight excluding hydrogens is 172 g/mol. The van der Waals surface area contributed by atoms with E-state index in [4.69, 9.17) is 5.84 Å². The van der Waals surface area contributed by atoms with Crippen molar-refractivity contribution < 1.29 is 9.53 Å². The summed E-state index contributed by atoms with van der Waals surface area (Å²) in [7, 11) is 1.32. The van der Waals surface area contributed by atoms with E-state index >= 15 is 0 Å². The summed E-state index contributed by atoms with van der Waals surface area (Å²) in [5, 5.41) is 0. The maximum atomic E-state index is 10.5. The highest BCUT2D eigenvalue weighted by Crippen LogP contribution is 2.00. The second kappa shape index (κ2) is 5.45. The molecule has 0 fully saturated rings. The first kappa shape index (κ1) is 9.67. The van der Waals surface area contributed by atoms with Gasteiger partial charge in [0.15, 0.2) is 0 Å². The Balaban J connectivity index is 3.35. The summed E-state index contributed by atoms with van der Waals surface area (Å²) >= 11 is 5.77. The molecule has 0 aliphatic heterocycles. The minimum atomic E-state index is -0.317. The highest BCUT2D eigenvalue weighted by molar-refractivity contribution is 8.23. The number of thioether (sulfide) groups is 1. The van der Waals surface area contributed by atoms with Gasteiger partial charge >= 0.3 is 5.97 Å². The largest absolute Gasteiger partial charge is 0.468 e. The van der Waals surface area contributed by atoms with E-state index in [0.717, 1.165) is 11.8 Å². The lowest BCUT2D eigenvalue weighted by Gasteiger charge is -1.99. The number of ether oxygens (including phenoxy) is 1. The number of nitrogens with one attached hydrogen (secondary N) is 1. The van der Waals surface area contributed by atoms with E-state index in [1.54, 1.807) is 0 Å². The molecule has 3 N–H and O–H groups in total. The number of carbonyl (C=O) groups is 1. The zero-order valence-corrected chi connectivity index (χ0v) is 7.05. The average molecular weight is 180 g/mol. The number of hydrazine groups is 1. The molecule has 0 aliphatic carbocycles. The first-order valence-electron chi connectivity index (χ1n) is 2.41. The van der Waals surface area contributed by atoms with E-state index in [9.17, 15) is 4.79 Å². The molecule has 4 nitrogen and oxygen atoms in total. The van der Waals surface area contributed by atoms with Crippen LogP contribution in [0.3, 0.4) is 0 Å². The van der Waals surface area contributed by atoms with Crippen LogP contribution in [0.1, 0.15) is 0 Å². The molecule has 0 radical (unpaired) electrons. The number of rotatable bonds is 2. The highest BCUT2D eigenvalue weighted by Gasteiger charge is 2.01. The Morgan fingerprint density at radius 3 is 2.90 bits per heavy atom. The van der Waals surface area contributed by atoms with E-state index in [1.807, 2.05) is 0 Å². The Labute approximate surface area is 68.5 Å². The lowest BCUT2D eigenvalue weighted by atomic mass is 10.8. The van der Waals surface area contributed by atoms with Crippen LogP contribution in [0.15, 0.2) is 0 Å². The summed E-state index contributed by atoms with van der Waals surface area (Å²) in [5.41, 5.74) is 2.23. The Bertz CT molecular complexity index is 123. The number of carbonyl (C=O) groups excluding carboxylic acids is 1. The summed E-state index contributed by atoms with van der Waals surface area (Å²) in [4.78, 5) is 10.5. The predicted octanol–water partition coefficient (Wildman–Crippen LogP) is -0.359. The first-order valence-corrected chi connectivity index (χ1v) is 3.80. The fourth-order valence-corrected chi connectivity index (χ4v) is 0.852. The van der Waals surface area contributed by atoms with Gasteiger partial charge in [-0.05, 0) is 0 Å². The summed E-state index contributed by atoms with van der Waals surface area (Å²) in [6.07, 6.45) is 0. The molecule has 0 aliphatic rings. The van der Waals surface area contributed by atoms with Crippen LogP contribution < -0.4 is 11.3 Å². The topological polar surface area (TPSA) is 64.3 Å². The van der Waals surface area contributed by atoms with Crippen molar-refractivity contribution in [2.24, 2.45) is 5.84 Å². The van der Waals surface area contributed by atoms with Crippen LogP contribution in [0, 0.1) is 0 Å². The van der Waals surface area contributed by atoms with Crippen molar-refractivity contribution in [2.45, 2.75) is 0 Å². The summed E-state index contributed by atoms with van der Waals surface area (Å²) in [6.45, 7) is 0. The monoisotopic (exact) mass is 180 g/mol. The van der Waals surface area contributed by atoms with Gasteiger partial charge in [-0.25, -0.2) is 5.84 Å². The number of hydrogen-bond acceptors (Lipinski definition) is 5. The van der Waals surface area contributed by atoms with Gasteiger partial charge in [-0.15, -0.1) is 0 Å². The SMILES string of the molecule is COC(=O)CSC(=S)NN. The van der Waals surface area contributed by atoms with Crippen molar-refractivity contribution in [1.29, 1.82) is 0 Å². The van der Waals surface area contributed by atoms with Gasteiger partial charge in [0.05, 0.1) is 12.9 Å². The van der Waals surface area contributed by atoms with Gasteiger partial charge in [0, 0.05) is 0 Å². The van der Waals surface area contributed by atoms with Crippen LogP contribution in [0.25, 0.3) is 0 Å². The lowest BCUT2D eigenvalue weighted by molar-refractivity contribution is -0.137. The van der Waals surface area contributed by atoms with E-state index < -0.39 is 0 Å². The van der Waals surface area contributed by atoms with E-state index in [-0.39, 0.29) is 11.7 Å². The smallest absolute Gasteiger partial charge is 0.316 e. The van der Waals surface area contributed by atoms with Gasteiger partial charge in [0.25, 0.3) is 0 Å². The highest BCUT2D eigenvalue weighted by atomic mass is 32.2. The average Bonchev–Trinajstić information content (AvgIpc) is 1.99. The maximum absolute atomic E-state index is 10.5. The predicted molar refractivity (Wildman–Crippen MR) is 44.4 cm³/mol. The Morgan fingerprint density at radius 2 is 2.50 bits per heavy atom. The zero-order chi connectivity index (χ0) is 7.98. The molecule has 0 aromatic carbocycles. The molecule has 0 saturated carbocycles. The summed E-state index contributed by atoms with van der Waals surface area (Å²) < 4.78 is 4.74. The Kier molecular flexibility index (Phi) is 5.27. The van der Waals surface area contributed by atoms with Gasteiger partial charge in [-0.1, -0.05) is 24.0 Å². The number of esters is 1. The quantitative estimate of drug-likeness (QED) is 0.262. The van der Waals surface area contributed by atoms with Crippen molar-refractivity contribution in [3.05, 3.63) is 0 Å². The Morgan fingerprint density at radius 1 is 1.90 bits per heavy atom. The molecule has 0 aromatic heterocycles. The van der Waals surface area contributed by atoms with Crippen molar-refractivity contribution in [2.75, 3.05) is 12.9 Å². The van der Waals surface area contributed by atoms with Crippen molar-refractivity contribution in [3.63, 3.8) is 0 Å². The van der Waals surface area contributed by atoms with Crippen LogP contribution in [-0.2, 0) is 9.53 Å². The van der Waals surface area contributed by atoms with Gasteiger partial charge < -0.3 is 10.2 Å². The first-order chi connectivity index (χ1) is 4.70. The molecule has 0 heterocycles. The number of hydrogen-bond donors (Lipinski definition) is 2. The molecule has 0 saturated heterocycles. The van der Waals surface area contributed by atoms with Gasteiger partial charge in [0.1, 0.15) is 4.32 Å². The van der Waals surface area contributed by atoms with Crippen LogP contribution in [0.4, 0.5) is 0 Å². The fraction of sp³-hybridized carbons (Fsp3) is 0.500. The fourth-order valence-electron chi connectivity index (χ4n) is 0.225. The summed E-state index contributed by atoms with van der Waals surface area (Å²) in [6, 6.07) is 0. The standard InChI is InChI=1S/C4H8N2O2S2/c1-8-3(7)2-10-4(9)6-5/h2,5H2,1H3,(H,6,9). The number of thiocarbonyl (C=S) groups is 1. The molecular formula is C4H8N2O2S2. The van der Waals surface area contributed by atoms with Crippen LogP contribution in [0.5, 0.6) is 0 Å². The minimum Gasteiger partial charge on any atom is -0.468 e. The lowest BCUT2D eigenvalue weighted by Crippen LogP contribution is -2.26.